The lowest BCUT2D eigenvalue weighted by Gasteiger charge is -2.29. The third-order valence-electron chi connectivity index (χ3n) is 5.77. The normalized spacial score (nSPS) is 18.3. The zero-order chi connectivity index (χ0) is 19.6. The lowest BCUT2D eigenvalue weighted by molar-refractivity contribution is -0.116. The van der Waals surface area contributed by atoms with E-state index < -0.39 is 5.92 Å². The Kier molecular flexibility index (Phi) is 4.93. The largest absolute Gasteiger partial charge is 0.320 e. The lowest BCUT2D eigenvalue weighted by atomic mass is 9.78. The van der Waals surface area contributed by atoms with E-state index in [1.165, 1.54) is 4.42 Å². The Hall–Kier alpha value is -2.34. The molecule has 150 valence electrons. The van der Waals surface area contributed by atoms with Crippen LogP contribution in [-0.2, 0) is 11.5 Å². The standard InChI is InChI=1S/C22H20ClN3O2.ClH/c1-24(2)10-9-15-21(27)16-11-25(23)12-26-17-8-7-13-5-3-4-6-14(13)18(17)19(20(16)26)22(15)28;/h3-8,11,15H,9-10,12H2,1-2H3;1H. The molecule has 0 fully saturated rings. The number of Topliss-reactive ketones (excluding diaryl/α,β-unsaturated/α-hetero) is 2. The molecule has 0 radical (unpaired) electrons. The Bertz CT molecular complexity index is 1200. The molecule has 3 aromatic rings. The molecule has 2 aromatic carbocycles. The van der Waals surface area contributed by atoms with Crippen molar-refractivity contribution in [3.05, 3.63) is 53.9 Å². The summed E-state index contributed by atoms with van der Waals surface area (Å²) in [6.07, 6.45) is 2.18. The van der Waals surface area contributed by atoms with Crippen molar-refractivity contribution in [1.29, 1.82) is 0 Å². The molecule has 1 aliphatic heterocycles. The highest BCUT2D eigenvalue weighted by Gasteiger charge is 2.43. The van der Waals surface area contributed by atoms with Crippen LogP contribution in [0.2, 0.25) is 0 Å². The molecule has 0 saturated carbocycles. The fourth-order valence-corrected chi connectivity index (χ4v) is 4.68. The molecular formula is C22H21Cl2N3O2. The second kappa shape index (κ2) is 7.17. The number of allylic oxidation sites excluding steroid dienone is 1. The zero-order valence-corrected chi connectivity index (χ0v) is 17.8. The van der Waals surface area contributed by atoms with Gasteiger partial charge in [-0.2, -0.15) is 0 Å². The van der Waals surface area contributed by atoms with Gasteiger partial charge in [0.2, 0.25) is 0 Å². The maximum Gasteiger partial charge on any atom is 0.177 e. The van der Waals surface area contributed by atoms with Gasteiger partial charge in [0.1, 0.15) is 6.67 Å². The SMILES string of the molecule is CN(C)CCC1C(=O)C2=CN(Cl)Cn3c2c(c2c4ccccc4ccc23)C1=O.Cl. The van der Waals surface area contributed by atoms with Gasteiger partial charge < -0.3 is 9.47 Å². The number of hydrogen-bond acceptors (Lipinski definition) is 4. The van der Waals surface area contributed by atoms with E-state index in [4.69, 9.17) is 11.8 Å². The molecule has 0 bridgehead atoms. The molecule has 0 amide bonds. The highest BCUT2D eigenvalue weighted by atomic mass is 35.5. The van der Waals surface area contributed by atoms with Gasteiger partial charge in [0.05, 0.1) is 28.3 Å². The smallest absolute Gasteiger partial charge is 0.177 e. The number of ketones is 2. The number of fused-ring (bicyclic) bond motifs is 5. The molecule has 2 heterocycles. The van der Waals surface area contributed by atoms with E-state index in [1.807, 2.05) is 53.9 Å². The number of carbonyl (C=O) groups is 2. The quantitative estimate of drug-likeness (QED) is 0.459. The van der Waals surface area contributed by atoms with Crippen molar-refractivity contribution in [3.63, 3.8) is 0 Å². The van der Waals surface area contributed by atoms with E-state index in [1.54, 1.807) is 6.20 Å². The van der Waals surface area contributed by atoms with Gasteiger partial charge in [-0.25, -0.2) is 0 Å². The van der Waals surface area contributed by atoms with Crippen LogP contribution in [0.1, 0.15) is 22.5 Å². The fourth-order valence-electron chi connectivity index (χ4n) is 4.48. The predicted octanol–water partition coefficient (Wildman–Crippen LogP) is 4.32. The van der Waals surface area contributed by atoms with Crippen LogP contribution >= 0.6 is 24.2 Å². The first-order valence-electron chi connectivity index (χ1n) is 9.39. The van der Waals surface area contributed by atoms with Crippen LogP contribution < -0.4 is 0 Å². The van der Waals surface area contributed by atoms with E-state index in [2.05, 4.69) is 6.07 Å². The molecule has 29 heavy (non-hydrogen) atoms. The second-order valence-electron chi connectivity index (χ2n) is 7.79. The zero-order valence-electron chi connectivity index (χ0n) is 16.2. The van der Waals surface area contributed by atoms with Gasteiger partial charge in [-0.05, 0) is 43.9 Å². The first-order valence-corrected chi connectivity index (χ1v) is 9.73. The monoisotopic (exact) mass is 429 g/mol. The first-order chi connectivity index (χ1) is 13.5. The van der Waals surface area contributed by atoms with Crippen LogP contribution in [0.25, 0.3) is 27.2 Å². The molecule has 0 spiro atoms. The summed E-state index contributed by atoms with van der Waals surface area (Å²) in [7, 11) is 3.89. The van der Waals surface area contributed by atoms with Crippen molar-refractivity contribution in [2.45, 2.75) is 13.1 Å². The number of rotatable bonds is 3. The van der Waals surface area contributed by atoms with Gasteiger partial charge >= 0.3 is 0 Å². The molecular weight excluding hydrogens is 409 g/mol. The molecule has 1 aliphatic carbocycles. The van der Waals surface area contributed by atoms with E-state index in [0.717, 1.165) is 27.4 Å². The summed E-state index contributed by atoms with van der Waals surface area (Å²) < 4.78 is 3.49. The lowest BCUT2D eigenvalue weighted by Crippen LogP contribution is -2.36. The van der Waals surface area contributed by atoms with E-state index in [0.29, 0.717) is 30.8 Å². The van der Waals surface area contributed by atoms with Crippen molar-refractivity contribution < 1.29 is 9.59 Å². The fraction of sp³-hybridized carbons (Fsp3) is 0.273. The van der Waals surface area contributed by atoms with Crippen LogP contribution in [0.5, 0.6) is 0 Å². The van der Waals surface area contributed by atoms with Crippen molar-refractivity contribution in [2.24, 2.45) is 5.92 Å². The van der Waals surface area contributed by atoms with Gasteiger partial charge in [0.15, 0.2) is 11.6 Å². The third-order valence-corrected chi connectivity index (χ3v) is 5.97. The topological polar surface area (TPSA) is 45.6 Å². The average Bonchev–Trinajstić information content (AvgIpc) is 3.01. The summed E-state index contributed by atoms with van der Waals surface area (Å²) in [4.78, 5) is 28.8. The Morgan fingerprint density at radius 3 is 2.62 bits per heavy atom. The molecule has 1 unspecified atom stereocenters. The Balaban J connectivity index is 0.00000205. The number of aromatic nitrogens is 1. The molecule has 0 N–H and O–H groups in total. The molecule has 0 saturated heterocycles. The predicted molar refractivity (Wildman–Crippen MR) is 118 cm³/mol. The molecule has 1 aromatic heterocycles. The van der Waals surface area contributed by atoms with Gasteiger partial charge in [0, 0.05) is 23.4 Å². The van der Waals surface area contributed by atoms with E-state index in [-0.39, 0.29) is 24.0 Å². The molecule has 5 nitrogen and oxygen atoms in total. The maximum absolute atomic E-state index is 13.6. The van der Waals surface area contributed by atoms with Gasteiger partial charge in [-0.1, -0.05) is 30.3 Å². The maximum atomic E-state index is 13.6. The van der Waals surface area contributed by atoms with E-state index >= 15 is 0 Å². The van der Waals surface area contributed by atoms with Crippen molar-refractivity contribution >= 4 is 63.0 Å². The van der Waals surface area contributed by atoms with Gasteiger partial charge in [-0.3, -0.25) is 14.0 Å². The number of nitrogens with zero attached hydrogens (tertiary/aromatic N) is 3. The van der Waals surface area contributed by atoms with Gasteiger partial charge in [0.25, 0.3) is 0 Å². The Morgan fingerprint density at radius 2 is 1.86 bits per heavy atom. The third kappa shape index (κ3) is 2.88. The van der Waals surface area contributed by atoms with Crippen LogP contribution in [0.3, 0.4) is 0 Å². The molecule has 2 aliphatic rings. The van der Waals surface area contributed by atoms with Gasteiger partial charge in [-0.15, -0.1) is 12.4 Å². The number of hydrogen-bond donors (Lipinski definition) is 0. The summed E-state index contributed by atoms with van der Waals surface area (Å²) in [5, 5.41) is 3.04. The van der Waals surface area contributed by atoms with Crippen molar-refractivity contribution in [3.8, 4) is 0 Å². The van der Waals surface area contributed by atoms with Crippen LogP contribution in [-0.4, -0.2) is 46.1 Å². The van der Waals surface area contributed by atoms with Crippen LogP contribution in [0.4, 0.5) is 0 Å². The summed E-state index contributed by atoms with van der Waals surface area (Å²) in [6, 6.07) is 12.1. The average molecular weight is 430 g/mol. The Morgan fingerprint density at radius 1 is 1.10 bits per heavy atom. The summed E-state index contributed by atoms with van der Waals surface area (Å²) in [5.41, 5.74) is 2.87. The molecule has 7 heteroatoms. The van der Waals surface area contributed by atoms with E-state index in [9.17, 15) is 9.59 Å². The van der Waals surface area contributed by atoms with Crippen molar-refractivity contribution in [2.75, 3.05) is 20.6 Å². The number of halogens is 2. The first kappa shape index (κ1) is 20.0. The molecule has 1 atom stereocenters. The second-order valence-corrected chi connectivity index (χ2v) is 8.22. The Labute approximate surface area is 180 Å². The van der Waals surface area contributed by atoms with Crippen LogP contribution in [0, 0.1) is 5.92 Å². The summed E-state index contributed by atoms with van der Waals surface area (Å²) in [6.45, 7) is 1.08. The summed E-state index contributed by atoms with van der Waals surface area (Å²) >= 11 is 6.34. The number of benzene rings is 2. The minimum Gasteiger partial charge on any atom is -0.320 e. The van der Waals surface area contributed by atoms with Crippen LogP contribution in [0.15, 0.2) is 42.6 Å². The summed E-state index contributed by atoms with van der Waals surface area (Å²) in [5.74, 6) is -0.859. The molecule has 5 rings (SSSR count). The highest BCUT2D eigenvalue weighted by Crippen LogP contribution is 2.44. The minimum absolute atomic E-state index is 0. The number of carbonyl (C=O) groups excluding carboxylic acids is 2. The highest BCUT2D eigenvalue weighted by molar-refractivity contribution is 6.39. The minimum atomic E-state index is -0.665. The van der Waals surface area contributed by atoms with Crippen molar-refractivity contribution in [1.82, 2.24) is 13.9 Å².